The minimum Gasteiger partial charge on any atom is -0.481 e. The van der Waals surface area contributed by atoms with Crippen LogP contribution in [-0.2, 0) is 14.6 Å². The van der Waals surface area contributed by atoms with Crippen molar-refractivity contribution in [3.63, 3.8) is 0 Å². The molecule has 8 heteroatoms. The molecule has 0 spiro atoms. The quantitative estimate of drug-likeness (QED) is 0.693. The number of terminal acetylenes is 1. The van der Waals surface area contributed by atoms with Crippen molar-refractivity contribution in [2.24, 2.45) is 0 Å². The highest BCUT2D eigenvalue weighted by molar-refractivity contribution is 7.91. The summed E-state index contributed by atoms with van der Waals surface area (Å²) in [6, 6.07) is -1.57. The first kappa shape index (κ1) is 16.3. The number of amides is 2. The van der Waals surface area contributed by atoms with E-state index in [1.807, 2.05) is 0 Å². The number of carboxylic acids is 1. The molecule has 0 radical (unpaired) electrons. The van der Waals surface area contributed by atoms with E-state index in [-0.39, 0.29) is 24.1 Å². The summed E-state index contributed by atoms with van der Waals surface area (Å²) < 4.78 is 23.1. The van der Waals surface area contributed by atoms with Crippen LogP contribution in [0.3, 0.4) is 0 Å². The van der Waals surface area contributed by atoms with Crippen molar-refractivity contribution in [1.82, 2.24) is 10.2 Å². The maximum Gasteiger partial charge on any atom is 0.317 e. The molecule has 0 aromatic rings. The fourth-order valence-electron chi connectivity index (χ4n) is 2.05. The summed E-state index contributed by atoms with van der Waals surface area (Å²) >= 11 is 0. The Bertz CT molecular complexity index is 522. The number of nitrogens with one attached hydrogen (secondary N) is 1. The molecule has 2 N–H and O–H groups in total. The lowest BCUT2D eigenvalue weighted by atomic mass is 10.2. The van der Waals surface area contributed by atoms with E-state index in [4.69, 9.17) is 11.5 Å². The van der Waals surface area contributed by atoms with Gasteiger partial charge in [-0.1, -0.05) is 0 Å². The van der Waals surface area contributed by atoms with Gasteiger partial charge in [0.25, 0.3) is 0 Å². The number of carbonyl (C=O) groups excluding carboxylic acids is 1. The Kier molecular flexibility index (Phi) is 5.39. The molecule has 7 nitrogen and oxygen atoms in total. The molecule has 2 amide bonds. The SMILES string of the molecule is C#CCC(C)NC(=O)N1CCS(=O)(=O)CC1CC(=O)O. The van der Waals surface area contributed by atoms with E-state index in [0.29, 0.717) is 6.42 Å². The standard InChI is InChI=1S/C12H18N2O5S/c1-3-4-9(2)13-12(17)14-5-6-20(18,19)8-10(14)7-11(15)16/h1,9-10H,4-8H2,2H3,(H,13,17)(H,15,16). The Balaban J connectivity index is 2.77. The van der Waals surface area contributed by atoms with Crippen molar-refractivity contribution >= 4 is 21.8 Å². The number of rotatable bonds is 4. The highest BCUT2D eigenvalue weighted by Gasteiger charge is 2.35. The van der Waals surface area contributed by atoms with Crippen molar-refractivity contribution in [1.29, 1.82) is 0 Å². The molecule has 1 rings (SSSR count). The summed E-state index contributed by atoms with van der Waals surface area (Å²) in [7, 11) is -3.30. The van der Waals surface area contributed by atoms with Crippen LogP contribution in [-0.4, -0.2) is 60.6 Å². The molecule has 112 valence electrons. The van der Waals surface area contributed by atoms with Crippen LogP contribution in [0.5, 0.6) is 0 Å². The zero-order chi connectivity index (χ0) is 15.3. The van der Waals surface area contributed by atoms with Crippen molar-refractivity contribution in [2.75, 3.05) is 18.1 Å². The van der Waals surface area contributed by atoms with Crippen LogP contribution < -0.4 is 5.32 Å². The molecule has 20 heavy (non-hydrogen) atoms. The molecule has 2 unspecified atom stereocenters. The monoisotopic (exact) mass is 302 g/mol. The smallest absolute Gasteiger partial charge is 0.317 e. The molecular weight excluding hydrogens is 284 g/mol. The number of aliphatic carboxylic acids is 1. The molecule has 1 aliphatic heterocycles. The van der Waals surface area contributed by atoms with E-state index in [2.05, 4.69) is 11.2 Å². The summed E-state index contributed by atoms with van der Waals surface area (Å²) in [6.07, 6.45) is 5.10. The van der Waals surface area contributed by atoms with Crippen LogP contribution >= 0.6 is 0 Å². The van der Waals surface area contributed by atoms with Crippen molar-refractivity contribution in [2.45, 2.75) is 31.8 Å². The fraction of sp³-hybridized carbons (Fsp3) is 0.667. The highest BCUT2D eigenvalue weighted by Crippen LogP contribution is 2.15. The van der Waals surface area contributed by atoms with E-state index in [9.17, 15) is 18.0 Å². The average molecular weight is 302 g/mol. The second-order valence-electron chi connectivity index (χ2n) is 4.82. The Morgan fingerprint density at radius 2 is 2.20 bits per heavy atom. The van der Waals surface area contributed by atoms with Gasteiger partial charge in [-0.25, -0.2) is 13.2 Å². The van der Waals surface area contributed by atoms with Gasteiger partial charge in [0.05, 0.1) is 24.0 Å². The van der Waals surface area contributed by atoms with Crippen LogP contribution in [0.1, 0.15) is 19.8 Å². The zero-order valence-corrected chi connectivity index (χ0v) is 12.0. The Morgan fingerprint density at radius 3 is 2.75 bits per heavy atom. The van der Waals surface area contributed by atoms with Crippen LogP contribution in [0.15, 0.2) is 0 Å². The molecule has 1 heterocycles. The number of nitrogens with zero attached hydrogens (tertiary/aromatic N) is 1. The third-order valence-electron chi connectivity index (χ3n) is 3.00. The minimum absolute atomic E-state index is 0.00507. The van der Waals surface area contributed by atoms with Gasteiger partial charge in [0.2, 0.25) is 0 Å². The number of urea groups is 1. The van der Waals surface area contributed by atoms with Crippen molar-refractivity contribution in [3.05, 3.63) is 0 Å². The maximum atomic E-state index is 12.0. The van der Waals surface area contributed by atoms with Gasteiger partial charge in [-0.2, -0.15) is 0 Å². The first-order valence-corrected chi connectivity index (χ1v) is 8.00. The number of hydrogen-bond acceptors (Lipinski definition) is 4. The van der Waals surface area contributed by atoms with E-state index >= 15 is 0 Å². The first-order chi connectivity index (χ1) is 9.25. The molecule has 0 aliphatic carbocycles. The number of hydrogen-bond donors (Lipinski definition) is 2. The zero-order valence-electron chi connectivity index (χ0n) is 11.2. The third-order valence-corrected chi connectivity index (χ3v) is 4.69. The van der Waals surface area contributed by atoms with Crippen LogP contribution in [0.2, 0.25) is 0 Å². The van der Waals surface area contributed by atoms with E-state index in [1.54, 1.807) is 6.92 Å². The lowest BCUT2D eigenvalue weighted by Crippen LogP contribution is -2.56. The molecule has 0 saturated carbocycles. The van der Waals surface area contributed by atoms with E-state index in [1.165, 1.54) is 4.90 Å². The van der Waals surface area contributed by atoms with Gasteiger partial charge in [0.1, 0.15) is 0 Å². The van der Waals surface area contributed by atoms with E-state index < -0.39 is 34.3 Å². The topological polar surface area (TPSA) is 104 Å². The molecule has 2 atom stereocenters. The highest BCUT2D eigenvalue weighted by atomic mass is 32.2. The fourth-order valence-corrected chi connectivity index (χ4v) is 3.57. The lowest BCUT2D eigenvalue weighted by Gasteiger charge is -2.35. The molecule has 0 bridgehead atoms. The first-order valence-electron chi connectivity index (χ1n) is 6.18. The third kappa shape index (κ3) is 4.74. The molecular formula is C12H18N2O5S. The van der Waals surface area contributed by atoms with Gasteiger partial charge in [0, 0.05) is 19.0 Å². The second kappa shape index (κ2) is 6.61. The molecule has 1 aliphatic rings. The lowest BCUT2D eigenvalue weighted by molar-refractivity contribution is -0.138. The largest absolute Gasteiger partial charge is 0.481 e. The molecule has 1 saturated heterocycles. The number of sulfone groups is 1. The number of carboxylic acid groups (broad SMARTS) is 1. The Labute approximate surface area is 118 Å². The van der Waals surface area contributed by atoms with Crippen LogP contribution in [0.25, 0.3) is 0 Å². The van der Waals surface area contributed by atoms with Crippen molar-refractivity contribution in [3.8, 4) is 12.3 Å². The van der Waals surface area contributed by atoms with Gasteiger partial charge < -0.3 is 15.3 Å². The summed E-state index contributed by atoms with van der Waals surface area (Å²) in [6.45, 7) is 1.72. The summed E-state index contributed by atoms with van der Waals surface area (Å²) in [5.41, 5.74) is 0. The average Bonchev–Trinajstić information content (AvgIpc) is 2.26. The second-order valence-corrected chi connectivity index (χ2v) is 7.05. The minimum atomic E-state index is -3.30. The Hall–Kier alpha value is -1.75. The molecule has 0 aromatic heterocycles. The van der Waals surface area contributed by atoms with Gasteiger partial charge >= 0.3 is 12.0 Å². The molecule has 1 fully saturated rings. The predicted octanol–water partition coefficient (Wildman–Crippen LogP) is -0.318. The van der Waals surface area contributed by atoms with Gasteiger partial charge in [-0.3, -0.25) is 4.79 Å². The summed E-state index contributed by atoms with van der Waals surface area (Å²) in [5.74, 6) is 0.796. The maximum absolute atomic E-state index is 12.0. The van der Waals surface area contributed by atoms with Gasteiger partial charge in [-0.05, 0) is 6.92 Å². The van der Waals surface area contributed by atoms with Gasteiger partial charge in [-0.15, -0.1) is 12.3 Å². The van der Waals surface area contributed by atoms with Crippen molar-refractivity contribution < 1.29 is 23.1 Å². The molecule has 0 aromatic carbocycles. The Morgan fingerprint density at radius 1 is 1.55 bits per heavy atom. The normalized spacial score (nSPS) is 22.6. The summed E-state index contributed by atoms with van der Waals surface area (Å²) in [5, 5.41) is 11.5. The predicted molar refractivity (Wildman–Crippen MR) is 72.8 cm³/mol. The number of carbonyl (C=O) groups is 2. The van der Waals surface area contributed by atoms with Gasteiger partial charge in [0.15, 0.2) is 9.84 Å². The van der Waals surface area contributed by atoms with Crippen LogP contribution in [0, 0.1) is 12.3 Å². The summed E-state index contributed by atoms with van der Waals surface area (Å²) in [4.78, 5) is 24.1. The van der Waals surface area contributed by atoms with Crippen LogP contribution in [0.4, 0.5) is 4.79 Å². The van der Waals surface area contributed by atoms with E-state index in [0.717, 1.165) is 0 Å².